The van der Waals surface area contributed by atoms with Crippen LogP contribution in [0.2, 0.25) is 0 Å². The molecule has 0 spiro atoms. The van der Waals surface area contributed by atoms with Crippen LogP contribution in [0.5, 0.6) is 0 Å². The third kappa shape index (κ3) is 2.83. The summed E-state index contributed by atoms with van der Waals surface area (Å²) in [5.41, 5.74) is 3.77. The van der Waals surface area contributed by atoms with Crippen LogP contribution >= 0.6 is 0 Å². The second-order valence-corrected chi connectivity index (χ2v) is 5.02. The fourth-order valence-electron chi connectivity index (χ4n) is 2.82. The molecule has 1 aromatic rings. The van der Waals surface area contributed by atoms with Gasteiger partial charge in [-0.05, 0) is 51.1 Å². The van der Waals surface area contributed by atoms with Crippen molar-refractivity contribution in [3.8, 4) is 0 Å². The van der Waals surface area contributed by atoms with E-state index in [2.05, 4.69) is 36.1 Å². The van der Waals surface area contributed by atoms with Crippen molar-refractivity contribution >= 4 is 0 Å². The summed E-state index contributed by atoms with van der Waals surface area (Å²) in [5.74, 6) is 1.62. The molecule has 1 N–H and O–H groups in total. The molecule has 1 atom stereocenters. The molecule has 0 aromatic carbocycles. The Kier molecular flexibility index (Phi) is 4.11. The van der Waals surface area contributed by atoms with Gasteiger partial charge in [0.1, 0.15) is 5.82 Å². The molecule has 94 valence electrons. The lowest BCUT2D eigenvalue weighted by molar-refractivity contribution is 0.456. The summed E-state index contributed by atoms with van der Waals surface area (Å²) in [4.78, 5) is 9.32. The Morgan fingerprint density at radius 1 is 1.24 bits per heavy atom. The summed E-state index contributed by atoms with van der Waals surface area (Å²) in [6, 6.07) is 0. The molecule has 1 aliphatic rings. The van der Waals surface area contributed by atoms with Gasteiger partial charge in [0.25, 0.3) is 0 Å². The monoisotopic (exact) mass is 233 g/mol. The number of rotatable bonds is 3. The Labute approximate surface area is 104 Å². The van der Waals surface area contributed by atoms with Crippen LogP contribution in [-0.4, -0.2) is 23.1 Å². The van der Waals surface area contributed by atoms with Crippen LogP contribution in [0.15, 0.2) is 0 Å². The van der Waals surface area contributed by atoms with Crippen molar-refractivity contribution in [1.82, 2.24) is 15.3 Å². The molecule has 0 amide bonds. The van der Waals surface area contributed by atoms with Crippen molar-refractivity contribution < 1.29 is 0 Å². The predicted molar refractivity (Wildman–Crippen MR) is 70.3 cm³/mol. The van der Waals surface area contributed by atoms with Gasteiger partial charge in [-0.1, -0.05) is 6.92 Å². The number of nitrogens with one attached hydrogen (secondary N) is 1. The van der Waals surface area contributed by atoms with Crippen LogP contribution in [0.25, 0.3) is 0 Å². The minimum absolute atomic E-state index is 0.611. The molecule has 0 bridgehead atoms. The first-order chi connectivity index (χ1) is 8.22. The maximum absolute atomic E-state index is 4.66. The van der Waals surface area contributed by atoms with Crippen molar-refractivity contribution in [3.63, 3.8) is 0 Å². The molecule has 3 heteroatoms. The molecule has 1 aromatic heterocycles. The van der Waals surface area contributed by atoms with Crippen LogP contribution in [0, 0.1) is 13.8 Å². The van der Waals surface area contributed by atoms with Crippen molar-refractivity contribution in [2.24, 2.45) is 0 Å². The molecule has 3 nitrogen and oxygen atoms in total. The van der Waals surface area contributed by atoms with Crippen molar-refractivity contribution in [2.45, 2.75) is 52.4 Å². The summed E-state index contributed by atoms with van der Waals surface area (Å²) in [5, 5.41) is 3.47. The normalized spacial score (nSPS) is 20.5. The fourth-order valence-corrected chi connectivity index (χ4v) is 2.82. The SMILES string of the molecule is CCCc1nc(C)c(C2CCCNC2)c(C)n1. The smallest absolute Gasteiger partial charge is 0.128 e. The lowest BCUT2D eigenvalue weighted by Crippen LogP contribution is -2.29. The van der Waals surface area contributed by atoms with E-state index in [0.717, 1.165) is 31.8 Å². The maximum atomic E-state index is 4.66. The lowest BCUT2D eigenvalue weighted by atomic mass is 9.89. The lowest BCUT2D eigenvalue weighted by Gasteiger charge is -2.25. The summed E-state index contributed by atoms with van der Waals surface area (Å²) >= 11 is 0. The molecule has 0 aliphatic carbocycles. The molecule has 2 heterocycles. The topological polar surface area (TPSA) is 37.8 Å². The second kappa shape index (κ2) is 5.58. The third-order valence-corrected chi connectivity index (χ3v) is 3.55. The number of piperidine rings is 1. The van der Waals surface area contributed by atoms with Gasteiger partial charge >= 0.3 is 0 Å². The van der Waals surface area contributed by atoms with E-state index in [9.17, 15) is 0 Å². The fraction of sp³-hybridized carbons (Fsp3) is 0.714. The molecule has 0 radical (unpaired) electrons. The molecule has 1 aliphatic heterocycles. The first-order valence-electron chi connectivity index (χ1n) is 6.77. The Hall–Kier alpha value is -0.960. The maximum Gasteiger partial charge on any atom is 0.128 e. The van der Waals surface area contributed by atoms with Crippen LogP contribution in [0.3, 0.4) is 0 Å². The van der Waals surface area contributed by atoms with E-state index in [-0.39, 0.29) is 0 Å². The molecule has 1 saturated heterocycles. The Bertz CT molecular complexity index is 358. The molecule has 1 fully saturated rings. The van der Waals surface area contributed by atoms with E-state index >= 15 is 0 Å². The largest absolute Gasteiger partial charge is 0.316 e. The molecular weight excluding hydrogens is 210 g/mol. The van der Waals surface area contributed by atoms with E-state index in [1.165, 1.54) is 29.8 Å². The average Bonchev–Trinajstić information content (AvgIpc) is 2.30. The Morgan fingerprint density at radius 3 is 2.47 bits per heavy atom. The van der Waals surface area contributed by atoms with Gasteiger partial charge < -0.3 is 5.32 Å². The molecular formula is C14H23N3. The van der Waals surface area contributed by atoms with Crippen molar-refractivity contribution in [3.05, 3.63) is 22.8 Å². The predicted octanol–water partition coefficient (Wildman–Crippen LogP) is 2.51. The second-order valence-electron chi connectivity index (χ2n) is 5.02. The number of aromatic nitrogens is 2. The summed E-state index contributed by atoms with van der Waals surface area (Å²) < 4.78 is 0. The highest BCUT2D eigenvalue weighted by molar-refractivity contribution is 5.29. The highest BCUT2D eigenvalue weighted by Gasteiger charge is 2.20. The molecule has 0 saturated carbocycles. The highest BCUT2D eigenvalue weighted by Crippen LogP contribution is 2.27. The van der Waals surface area contributed by atoms with E-state index in [1.807, 2.05) is 0 Å². The quantitative estimate of drug-likeness (QED) is 0.871. The van der Waals surface area contributed by atoms with Gasteiger partial charge in [-0.2, -0.15) is 0 Å². The first-order valence-corrected chi connectivity index (χ1v) is 6.77. The third-order valence-electron chi connectivity index (χ3n) is 3.55. The number of nitrogens with zero attached hydrogens (tertiary/aromatic N) is 2. The van der Waals surface area contributed by atoms with Crippen molar-refractivity contribution in [2.75, 3.05) is 13.1 Å². The van der Waals surface area contributed by atoms with Gasteiger partial charge in [-0.15, -0.1) is 0 Å². The van der Waals surface area contributed by atoms with Crippen molar-refractivity contribution in [1.29, 1.82) is 0 Å². The molecule has 1 unspecified atom stereocenters. The Balaban J connectivity index is 2.27. The molecule has 2 rings (SSSR count). The van der Waals surface area contributed by atoms with Gasteiger partial charge in [0.2, 0.25) is 0 Å². The van der Waals surface area contributed by atoms with Gasteiger partial charge in [-0.3, -0.25) is 0 Å². The van der Waals surface area contributed by atoms with E-state index in [1.54, 1.807) is 0 Å². The number of hydrogen-bond donors (Lipinski definition) is 1. The zero-order valence-corrected chi connectivity index (χ0v) is 11.2. The minimum Gasteiger partial charge on any atom is -0.316 e. The van der Waals surface area contributed by atoms with E-state index < -0.39 is 0 Å². The summed E-state index contributed by atoms with van der Waals surface area (Å²) in [6.07, 6.45) is 4.64. The standard InChI is InChI=1S/C14H23N3/c1-4-6-13-16-10(2)14(11(3)17-13)12-7-5-8-15-9-12/h12,15H,4-9H2,1-3H3. The van der Waals surface area contributed by atoms with Gasteiger partial charge in [0, 0.05) is 24.4 Å². The average molecular weight is 233 g/mol. The zero-order chi connectivity index (χ0) is 12.3. The number of hydrogen-bond acceptors (Lipinski definition) is 3. The Morgan fingerprint density at radius 2 is 1.94 bits per heavy atom. The van der Waals surface area contributed by atoms with Crippen LogP contribution in [-0.2, 0) is 6.42 Å². The van der Waals surface area contributed by atoms with Crippen LogP contribution in [0.1, 0.15) is 54.9 Å². The highest BCUT2D eigenvalue weighted by atomic mass is 14.9. The minimum atomic E-state index is 0.611. The van der Waals surface area contributed by atoms with Crippen LogP contribution < -0.4 is 5.32 Å². The van der Waals surface area contributed by atoms with E-state index in [0.29, 0.717) is 5.92 Å². The van der Waals surface area contributed by atoms with Gasteiger partial charge in [0.15, 0.2) is 0 Å². The summed E-state index contributed by atoms with van der Waals surface area (Å²) in [7, 11) is 0. The van der Waals surface area contributed by atoms with Crippen LogP contribution in [0.4, 0.5) is 0 Å². The van der Waals surface area contributed by atoms with E-state index in [4.69, 9.17) is 0 Å². The first kappa shape index (κ1) is 12.5. The summed E-state index contributed by atoms with van der Waals surface area (Å²) in [6.45, 7) is 8.68. The van der Waals surface area contributed by atoms with Gasteiger partial charge in [-0.25, -0.2) is 9.97 Å². The molecule has 17 heavy (non-hydrogen) atoms. The zero-order valence-electron chi connectivity index (χ0n) is 11.2. The number of aryl methyl sites for hydroxylation is 3. The van der Waals surface area contributed by atoms with Gasteiger partial charge in [0.05, 0.1) is 0 Å².